The van der Waals surface area contributed by atoms with Gasteiger partial charge in [-0.25, -0.2) is 0 Å². The molecule has 0 bridgehead atoms. The summed E-state index contributed by atoms with van der Waals surface area (Å²) in [4.78, 5) is 17.5. The third-order valence-corrected chi connectivity index (χ3v) is 5.50. The molecule has 114 valence electrons. The monoisotopic (exact) mass is 279 g/mol. The number of rotatable bonds is 2. The van der Waals surface area contributed by atoms with Gasteiger partial charge in [-0.05, 0) is 51.6 Å². The van der Waals surface area contributed by atoms with Crippen molar-refractivity contribution in [1.29, 1.82) is 0 Å². The molecule has 1 saturated carbocycles. The molecule has 2 saturated heterocycles. The number of carbonyl (C=O) groups excluding carboxylic acids is 1. The van der Waals surface area contributed by atoms with Crippen LogP contribution < -0.4 is 5.73 Å². The average Bonchev–Trinajstić information content (AvgIpc) is 3.01. The van der Waals surface area contributed by atoms with Crippen LogP contribution in [0.1, 0.15) is 51.4 Å². The van der Waals surface area contributed by atoms with Crippen molar-refractivity contribution in [2.45, 2.75) is 63.5 Å². The van der Waals surface area contributed by atoms with E-state index in [1.807, 2.05) is 0 Å². The van der Waals surface area contributed by atoms with Gasteiger partial charge in [0.25, 0.3) is 0 Å². The minimum atomic E-state index is 0.0982. The lowest BCUT2D eigenvalue weighted by Gasteiger charge is -2.40. The lowest BCUT2D eigenvalue weighted by Crippen LogP contribution is -2.53. The van der Waals surface area contributed by atoms with Gasteiger partial charge in [-0.3, -0.25) is 9.69 Å². The zero-order chi connectivity index (χ0) is 13.9. The average molecular weight is 279 g/mol. The minimum absolute atomic E-state index is 0.0982. The highest BCUT2D eigenvalue weighted by atomic mass is 16.2. The first-order valence-electron chi connectivity index (χ1n) is 8.54. The lowest BCUT2D eigenvalue weighted by molar-refractivity contribution is -0.139. The predicted octanol–water partition coefficient (Wildman–Crippen LogP) is 1.59. The van der Waals surface area contributed by atoms with Crippen LogP contribution in [0.15, 0.2) is 0 Å². The molecule has 0 radical (unpaired) electrons. The quantitative estimate of drug-likeness (QED) is 0.835. The van der Waals surface area contributed by atoms with Gasteiger partial charge in [-0.15, -0.1) is 0 Å². The van der Waals surface area contributed by atoms with Crippen LogP contribution in [0.5, 0.6) is 0 Å². The molecule has 4 nitrogen and oxygen atoms in total. The number of likely N-dealkylation sites (tertiary alicyclic amines) is 2. The third-order valence-electron chi connectivity index (χ3n) is 5.50. The number of nitrogens with two attached hydrogens (primary N) is 1. The van der Waals surface area contributed by atoms with Crippen molar-refractivity contribution in [2.75, 3.05) is 26.2 Å². The lowest BCUT2D eigenvalue weighted by atomic mass is 9.83. The summed E-state index contributed by atoms with van der Waals surface area (Å²) in [6, 6.07) is 0.707. The normalized spacial score (nSPS) is 36.2. The van der Waals surface area contributed by atoms with E-state index >= 15 is 0 Å². The number of hydrogen-bond acceptors (Lipinski definition) is 3. The zero-order valence-corrected chi connectivity index (χ0v) is 12.6. The molecular formula is C16H29N3O. The van der Waals surface area contributed by atoms with Gasteiger partial charge in [0, 0.05) is 25.2 Å². The van der Waals surface area contributed by atoms with Crippen LogP contribution in [-0.4, -0.2) is 54.0 Å². The van der Waals surface area contributed by atoms with E-state index in [9.17, 15) is 4.79 Å². The highest BCUT2D eigenvalue weighted by molar-refractivity contribution is 5.79. The second-order valence-electron chi connectivity index (χ2n) is 6.88. The molecular weight excluding hydrogens is 250 g/mol. The fraction of sp³-hybridized carbons (Fsp3) is 0.938. The topological polar surface area (TPSA) is 49.6 Å². The van der Waals surface area contributed by atoms with E-state index in [-0.39, 0.29) is 12.0 Å². The van der Waals surface area contributed by atoms with Crippen LogP contribution in [0.2, 0.25) is 0 Å². The number of carbonyl (C=O) groups is 1. The Kier molecular flexibility index (Phi) is 4.61. The second-order valence-corrected chi connectivity index (χ2v) is 6.88. The van der Waals surface area contributed by atoms with E-state index < -0.39 is 0 Å². The fourth-order valence-electron chi connectivity index (χ4n) is 4.26. The summed E-state index contributed by atoms with van der Waals surface area (Å²) in [5.74, 6) is 0.446. The molecule has 1 aliphatic carbocycles. The van der Waals surface area contributed by atoms with Gasteiger partial charge in [0.1, 0.15) is 0 Å². The molecule has 0 aromatic heterocycles. The Bertz CT molecular complexity index is 341. The molecule has 4 heteroatoms. The summed E-state index contributed by atoms with van der Waals surface area (Å²) in [7, 11) is 0. The first-order chi connectivity index (χ1) is 9.75. The van der Waals surface area contributed by atoms with Crippen LogP contribution in [-0.2, 0) is 4.79 Å². The highest BCUT2D eigenvalue weighted by Crippen LogP contribution is 2.27. The maximum Gasteiger partial charge on any atom is 0.227 e. The van der Waals surface area contributed by atoms with Crippen molar-refractivity contribution < 1.29 is 4.79 Å². The molecule has 1 amide bonds. The Morgan fingerprint density at radius 2 is 1.65 bits per heavy atom. The number of nitrogens with zero attached hydrogens (tertiary/aromatic N) is 2. The summed E-state index contributed by atoms with van der Waals surface area (Å²) >= 11 is 0. The Morgan fingerprint density at radius 1 is 0.900 bits per heavy atom. The predicted molar refractivity (Wildman–Crippen MR) is 80.3 cm³/mol. The van der Waals surface area contributed by atoms with Crippen LogP contribution in [0.4, 0.5) is 0 Å². The first kappa shape index (κ1) is 14.3. The van der Waals surface area contributed by atoms with Crippen molar-refractivity contribution in [3.05, 3.63) is 0 Å². The van der Waals surface area contributed by atoms with E-state index in [1.165, 1.54) is 45.2 Å². The first-order valence-corrected chi connectivity index (χ1v) is 8.54. The van der Waals surface area contributed by atoms with Crippen molar-refractivity contribution in [2.24, 2.45) is 11.7 Å². The maximum atomic E-state index is 12.8. The van der Waals surface area contributed by atoms with Gasteiger partial charge in [-0.2, -0.15) is 0 Å². The van der Waals surface area contributed by atoms with Crippen LogP contribution in [0, 0.1) is 5.92 Å². The number of hydrogen-bond donors (Lipinski definition) is 1. The molecule has 3 aliphatic rings. The summed E-state index contributed by atoms with van der Waals surface area (Å²) < 4.78 is 0. The molecule has 0 aromatic rings. The summed E-state index contributed by atoms with van der Waals surface area (Å²) in [5, 5.41) is 0. The summed E-state index contributed by atoms with van der Waals surface area (Å²) in [5.41, 5.74) is 6.19. The van der Waals surface area contributed by atoms with Gasteiger partial charge in [-0.1, -0.05) is 12.8 Å². The SMILES string of the molecule is NC1CCCCC1C(=O)N1CCCC(N2CCCC2)C1. The van der Waals surface area contributed by atoms with Gasteiger partial charge in [0.05, 0.1) is 5.92 Å². The van der Waals surface area contributed by atoms with Gasteiger partial charge in [0.15, 0.2) is 0 Å². The molecule has 20 heavy (non-hydrogen) atoms. The van der Waals surface area contributed by atoms with Crippen molar-refractivity contribution in [1.82, 2.24) is 9.80 Å². The Labute approximate surface area is 122 Å². The Hall–Kier alpha value is -0.610. The minimum Gasteiger partial charge on any atom is -0.341 e. The standard InChI is InChI=1S/C16H29N3O/c17-15-8-2-1-7-14(15)16(20)19-11-5-6-13(12-19)18-9-3-4-10-18/h13-15H,1-12,17H2. The van der Waals surface area contributed by atoms with Crippen LogP contribution in [0.25, 0.3) is 0 Å². The molecule has 3 fully saturated rings. The van der Waals surface area contributed by atoms with Gasteiger partial charge in [0.2, 0.25) is 5.91 Å². The van der Waals surface area contributed by atoms with E-state index in [0.717, 1.165) is 32.4 Å². The molecule has 3 rings (SSSR count). The Balaban J connectivity index is 1.59. The Morgan fingerprint density at radius 3 is 2.40 bits per heavy atom. The molecule has 3 unspecified atom stereocenters. The molecule has 2 heterocycles. The molecule has 0 spiro atoms. The fourth-order valence-corrected chi connectivity index (χ4v) is 4.26. The molecule has 2 N–H and O–H groups in total. The smallest absolute Gasteiger partial charge is 0.227 e. The summed E-state index contributed by atoms with van der Waals surface area (Å²) in [6.45, 7) is 4.36. The van der Waals surface area contributed by atoms with Gasteiger partial charge < -0.3 is 10.6 Å². The van der Waals surface area contributed by atoms with Crippen molar-refractivity contribution in [3.8, 4) is 0 Å². The molecule has 3 atom stereocenters. The second kappa shape index (κ2) is 6.44. The largest absolute Gasteiger partial charge is 0.341 e. The van der Waals surface area contributed by atoms with Crippen LogP contribution in [0.3, 0.4) is 0 Å². The van der Waals surface area contributed by atoms with Gasteiger partial charge >= 0.3 is 0 Å². The summed E-state index contributed by atoms with van der Waals surface area (Å²) in [6.07, 6.45) is 9.49. The molecule has 0 aromatic carbocycles. The van der Waals surface area contributed by atoms with E-state index in [4.69, 9.17) is 5.73 Å². The highest BCUT2D eigenvalue weighted by Gasteiger charge is 2.35. The van der Waals surface area contributed by atoms with Crippen molar-refractivity contribution in [3.63, 3.8) is 0 Å². The zero-order valence-electron chi connectivity index (χ0n) is 12.6. The number of amides is 1. The van der Waals surface area contributed by atoms with Crippen LogP contribution >= 0.6 is 0 Å². The van der Waals surface area contributed by atoms with E-state index in [1.54, 1.807) is 0 Å². The third kappa shape index (κ3) is 3.01. The molecule has 2 aliphatic heterocycles. The number of piperidine rings is 1. The van der Waals surface area contributed by atoms with E-state index in [0.29, 0.717) is 11.9 Å². The van der Waals surface area contributed by atoms with Crippen molar-refractivity contribution >= 4 is 5.91 Å². The maximum absolute atomic E-state index is 12.8. The van der Waals surface area contributed by atoms with E-state index in [2.05, 4.69) is 9.80 Å².